The van der Waals surface area contributed by atoms with E-state index in [1.165, 1.54) is 12.1 Å². The van der Waals surface area contributed by atoms with Gasteiger partial charge >= 0.3 is 0 Å². The van der Waals surface area contributed by atoms with Gasteiger partial charge in [0.2, 0.25) is 10.0 Å². The molecule has 1 aromatic rings. The predicted octanol–water partition coefficient (Wildman–Crippen LogP) is 1.40. The van der Waals surface area contributed by atoms with Crippen molar-refractivity contribution in [1.82, 2.24) is 10.0 Å². The van der Waals surface area contributed by atoms with Crippen LogP contribution in [0.15, 0.2) is 29.2 Å². The highest BCUT2D eigenvalue weighted by atomic mass is 35.5. The number of benzene rings is 1. The Labute approximate surface area is 125 Å². The third-order valence-electron chi connectivity index (χ3n) is 3.22. The molecule has 2 N–H and O–H groups in total. The van der Waals surface area contributed by atoms with Crippen LogP contribution in [-0.2, 0) is 10.0 Å². The minimum atomic E-state index is -3.54. The van der Waals surface area contributed by atoms with Crippen LogP contribution >= 0.6 is 12.4 Å². The zero-order chi connectivity index (χ0) is 13.9. The first-order valence-electron chi connectivity index (χ1n) is 6.27. The topological polar surface area (TPSA) is 82.0 Å². The molecule has 0 radical (unpaired) electrons. The summed E-state index contributed by atoms with van der Waals surface area (Å²) in [6.07, 6.45) is 1.55. The maximum Gasteiger partial charge on any atom is 0.240 e. The Morgan fingerprint density at radius 1 is 1.45 bits per heavy atom. The lowest BCUT2D eigenvalue weighted by Crippen LogP contribution is -2.46. The summed E-state index contributed by atoms with van der Waals surface area (Å²) in [5, 5.41) is 12.1. The number of rotatable bonds is 3. The van der Waals surface area contributed by atoms with Crippen molar-refractivity contribution in [3.63, 3.8) is 0 Å². The van der Waals surface area contributed by atoms with E-state index < -0.39 is 10.0 Å². The number of nitriles is 1. The molecule has 0 bridgehead atoms. The number of piperidine rings is 1. The van der Waals surface area contributed by atoms with E-state index >= 15 is 0 Å². The molecule has 1 saturated heterocycles. The molecule has 5 nitrogen and oxygen atoms in total. The first kappa shape index (κ1) is 16.9. The Balaban J connectivity index is 0.00000200. The Kier molecular flexibility index (Phi) is 5.96. The quantitative estimate of drug-likeness (QED) is 0.883. The molecule has 20 heavy (non-hydrogen) atoms. The number of hydrogen-bond acceptors (Lipinski definition) is 4. The molecule has 2 rings (SSSR count). The Bertz CT molecular complexity index is 598. The van der Waals surface area contributed by atoms with Gasteiger partial charge in [-0.05, 0) is 44.5 Å². The van der Waals surface area contributed by atoms with Gasteiger partial charge in [-0.2, -0.15) is 5.26 Å². The van der Waals surface area contributed by atoms with Gasteiger partial charge in [-0.3, -0.25) is 0 Å². The molecular weight excluding hydrogens is 298 g/mol. The zero-order valence-corrected chi connectivity index (χ0v) is 12.8. The van der Waals surface area contributed by atoms with Crippen LogP contribution in [-0.4, -0.2) is 27.0 Å². The normalized spacial score (nSPS) is 22.6. The SMILES string of the molecule is CC1CC(NS(=O)(=O)c2cccc(C#N)c2)CCN1.Cl. The van der Waals surface area contributed by atoms with E-state index in [0.29, 0.717) is 11.6 Å². The number of halogens is 1. The second-order valence-corrected chi connectivity index (χ2v) is 6.55. The van der Waals surface area contributed by atoms with Gasteiger partial charge in [0.1, 0.15) is 0 Å². The van der Waals surface area contributed by atoms with Crippen LogP contribution in [0, 0.1) is 11.3 Å². The highest BCUT2D eigenvalue weighted by Gasteiger charge is 2.24. The number of hydrogen-bond donors (Lipinski definition) is 2. The van der Waals surface area contributed by atoms with Gasteiger partial charge in [0.05, 0.1) is 16.5 Å². The molecular formula is C13H18ClN3O2S. The van der Waals surface area contributed by atoms with E-state index in [-0.39, 0.29) is 23.3 Å². The smallest absolute Gasteiger partial charge is 0.240 e. The first-order valence-corrected chi connectivity index (χ1v) is 7.75. The van der Waals surface area contributed by atoms with Crippen molar-refractivity contribution in [2.24, 2.45) is 0 Å². The summed E-state index contributed by atoms with van der Waals surface area (Å²) in [6.45, 7) is 2.85. The van der Waals surface area contributed by atoms with Crippen molar-refractivity contribution >= 4 is 22.4 Å². The molecule has 7 heteroatoms. The molecule has 110 valence electrons. The van der Waals surface area contributed by atoms with Crippen LogP contribution < -0.4 is 10.0 Å². The summed E-state index contributed by atoms with van der Waals surface area (Å²) in [5.41, 5.74) is 0.349. The minimum absolute atomic E-state index is 0. The van der Waals surface area contributed by atoms with Crippen LogP contribution in [0.25, 0.3) is 0 Å². The number of sulfonamides is 1. The van der Waals surface area contributed by atoms with Gasteiger partial charge in [0, 0.05) is 12.1 Å². The van der Waals surface area contributed by atoms with Gasteiger partial charge < -0.3 is 5.32 Å². The molecule has 2 unspecified atom stereocenters. The monoisotopic (exact) mass is 315 g/mol. The van der Waals surface area contributed by atoms with Crippen LogP contribution in [0.5, 0.6) is 0 Å². The summed E-state index contributed by atoms with van der Waals surface area (Å²) >= 11 is 0. The number of nitrogens with one attached hydrogen (secondary N) is 2. The minimum Gasteiger partial charge on any atom is -0.314 e. The largest absolute Gasteiger partial charge is 0.314 e. The highest BCUT2D eigenvalue weighted by Crippen LogP contribution is 2.15. The van der Waals surface area contributed by atoms with E-state index in [9.17, 15) is 8.42 Å². The van der Waals surface area contributed by atoms with E-state index in [4.69, 9.17) is 5.26 Å². The first-order chi connectivity index (χ1) is 9.01. The van der Waals surface area contributed by atoms with Gasteiger partial charge in [0.15, 0.2) is 0 Å². The van der Waals surface area contributed by atoms with Crippen molar-refractivity contribution in [2.75, 3.05) is 6.54 Å². The molecule has 2 atom stereocenters. The summed E-state index contributed by atoms with van der Waals surface area (Å²) < 4.78 is 27.2. The second kappa shape index (κ2) is 7.04. The average molecular weight is 316 g/mol. The fourth-order valence-electron chi connectivity index (χ4n) is 2.26. The molecule has 0 aromatic heterocycles. The fraction of sp³-hybridized carbons (Fsp3) is 0.462. The summed E-state index contributed by atoms with van der Waals surface area (Å²) in [4.78, 5) is 0.151. The summed E-state index contributed by atoms with van der Waals surface area (Å²) in [5.74, 6) is 0. The van der Waals surface area contributed by atoms with E-state index in [1.54, 1.807) is 12.1 Å². The molecule has 1 heterocycles. The molecule has 1 aliphatic heterocycles. The predicted molar refractivity (Wildman–Crippen MR) is 79.2 cm³/mol. The lowest BCUT2D eigenvalue weighted by atomic mass is 10.0. The number of nitrogens with zero attached hydrogens (tertiary/aromatic N) is 1. The molecule has 0 amide bonds. The zero-order valence-electron chi connectivity index (χ0n) is 11.2. The third kappa shape index (κ3) is 4.18. The Hall–Kier alpha value is -1.13. The molecule has 1 fully saturated rings. The molecule has 1 aliphatic rings. The van der Waals surface area contributed by atoms with Gasteiger partial charge in [0.25, 0.3) is 0 Å². The summed E-state index contributed by atoms with van der Waals surface area (Å²) in [7, 11) is -3.54. The van der Waals surface area contributed by atoms with Crippen molar-refractivity contribution in [1.29, 1.82) is 5.26 Å². The molecule has 0 spiro atoms. The molecule has 1 aromatic carbocycles. The van der Waals surface area contributed by atoms with E-state index in [1.807, 2.05) is 13.0 Å². The molecule has 0 saturated carbocycles. The lowest BCUT2D eigenvalue weighted by Gasteiger charge is -2.28. The summed E-state index contributed by atoms with van der Waals surface area (Å²) in [6, 6.07) is 8.28. The van der Waals surface area contributed by atoms with Crippen LogP contribution in [0.3, 0.4) is 0 Å². The highest BCUT2D eigenvalue weighted by molar-refractivity contribution is 7.89. The maximum absolute atomic E-state index is 12.2. The average Bonchev–Trinajstić information content (AvgIpc) is 2.38. The lowest BCUT2D eigenvalue weighted by molar-refractivity contribution is 0.361. The van der Waals surface area contributed by atoms with Crippen molar-refractivity contribution in [3.8, 4) is 6.07 Å². The van der Waals surface area contributed by atoms with Gasteiger partial charge in [-0.25, -0.2) is 13.1 Å². The van der Waals surface area contributed by atoms with Crippen LogP contribution in [0.1, 0.15) is 25.3 Å². The van der Waals surface area contributed by atoms with Crippen molar-refractivity contribution in [2.45, 2.75) is 36.7 Å². The maximum atomic E-state index is 12.2. The Morgan fingerprint density at radius 3 is 2.85 bits per heavy atom. The molecule has 0 aliphatic carbocycles. The van der Waals surface area contributed by atoms with Gasteiger partial charge in [-0.1, -0.05) is 6.07 Å². The fourth-order valence-corrected chi connectivity index (χ4v) is 3.59. The van der Waals surface area contributed by atoms with Crippen LogP contribution in [0.4, 0.5) is 0 Å². The van der Waals surface area contributed by atoms with E-state index in [0.717, 1.165) is 19.4 Å². The second-order valence-electron chi connectivity index (χ2n) is 4.84. The van der Waals surface area contributed by atoms with Crippen LogP contribution in [0.2, 0.25) is 0 Å². The van der Waals surface area contributed by atoms with E-state index in [2.05, 4.69) is 10.0 Å². The standard InChI is InChI=1S/C13H17N3O2S.ClH/c1-10-7-12(5-6-15-10)16-19(17,18)13-4-2-3-11(8-13)9-14;/h2-4,8,10,12,15-16H,5-7H2,1H3;1H. The van der Waals surface area contributed by atoms with Crippen molar-refractivity contribution < 1.29 is 8.42 Å². The Morgan fingerprint density at radius 2 is 2.20 bits per heavy atom. The van der Waals surface area contributed by atoms with Crippen molar-refractivity contribution in [3.05, 3.63) is 29.8 Å². The van der Waals surface area contributed by atoms with Gasteiger partial charge in [-0.15, -0.1) is 12.4 Å². The third-order valence-corrected chi connectivity index (χ3v) is 4.74.